The summed E-state index contributed by atoms with van der Waals surface area (Å²) in [6, 6.07) is 5.39. The summed E-state index contributed by atoms with van der Waals surface area (Å²) in [5.74, 6) is 0.256. The first-order chi connectivity index (χ1) is 13.1. The molecule has 0 unspecified atom stereocenters. The van der Waals surface area contributed by atoms with Crippen molar-refractivity contribution >= 4 is 16.7 Å². The molecular weight excluding hydrogens is 347 g/mol. The van der Waals surface area contributed by atoms with Crippen molar-refractivity contribution in [1.82, 2.24) is 40.1 Å². The third-order valence-corrected chi connectivity index (χ3v) is 4.99. The third kappa shape index (κ3) is 2.74. The van der Waals surface area contributed by atoms with Crippen LogP contribution in [0.4, 0.5) is 4.39 Å². The number of benzene rings is 1. The van der Waals surface area contributed by atoms with Gasteiger partial charge in [-0.05, 0) is 63.5 Å². The van der Waals surface area contributed by atoms with Gasteiger partial charge >= 0.3 is 0 Å². The van der Waals surface area contributed by atoms with E-state index in [1.807, 2.05) is 26.0 Å². The zero-order valence-corrected chi connectivity index (χ0v) is 15.1. The Balaban J connectivity index is 1.61. The molecule has 27 heavy (non-hydrogen) atoms. The number of nitrogens with zero attached hydrogens (tertiary/aromatic N) is 7. The van der Waals surface area contributed by atoms with E-state index >= 15 is 0 Å². The normalized spacial score (nSPS) is 15.8. The molecule has 4 heterocycles. The Morgan fingerprint density at radius 3 is 2.67 bits per heavy atom. The van der Waals surface area contributed by atoms with Crippen LogP contribution in [0.5, 0.6) is 0 Å². The van der Waals surface area contributed by atoms with E-state index in [1.54, 1.807) is 4.80 Å². The molecule has 0 spiro atoms. The molecule has 3 aromatic heterocycles. The van der Waals surface area contributed by atoms with Gasteiger partial charge in [-0.15, -0.1) is 19.9 Å². The first-order valence-electron chi connectivity index (χ1n) is 9.07. The summed E-state index contributed by atoms with van der Waals surface area (Å²) in [6.07, 6.45) is 1.89. The predicted octanol–water partition coefficient (Wildman–Crippen LogP) is 2.22. The van der Waals surface area contributed by atoms with Crippen LogP contribution in [0.15, 0.2) is 18.2 Å². The molecule has 1 saturated heterocycles. The minimum atomic E-state index is -0.392. The maximum Gasteiger partial charge on any atom is 0.179 e. The van der Waals surface area contributed by atoms with E-state index in [2.05, 4.69) is 30.7 Å². The van der Waals surface area contributed by atoms with E-state index in [9.17, 15) is 4.39 Å². The van der Waals surface area contributed by atoms with Crippen molar-refractivity contribution in [3.8, 4) is 11.3 Å². The Morgan fingerprint density at radius 2 is 1.85 bits per heavy atom. The van der Waals surface area contributed by atoms with Gasteiger partial charge in [-0.3, -0.25) is 0 Å². The van der Waals surface area contributed by atoms with E-state index in [4.69, 9.17) is 0 Å². The topological polar surface area (TPSA) is 85.8 Å². The van der Waals surface area contributed by atoms with E-state index in [-0.39, 0.29) is 6.04 Å². The standard InChI is InChI=1S/C18H19FN8/c1-10-7-15(23-27-18(10)21-11(2)22-27)12-8-14(19)17-16(9-12)24-26(25-17)13-3-5-20-6-4-13/h7-9,13,20H,3-6H2,1-2H3. The second kappa shape index (κ2) is 6.05. The molecule has 1 fully saturated rings. The van der Waals surface area contributed by atoms with Crippen LogP contribution in [0.2, 0.25) is 0 Å². The molecule has 0 radical (unpaired) electrons. The van der Waals surface area contributed by atoms with Gasteiger partial charge in [-0.25, -0.2) is 9.37 Å². The number of halogens is 1. The third-order valence-electron chi connectivity index (χ3n) is 4.99. The lowest BCUT2D eigenvalue weighted by Gasteiger charge is -2.21. The molecule has 9 heteroatoms. The van der Waals surface area contributed by atoms with Crippen molar-refractivity contribution in [3.63, 3.8) is 0 Å². The van der Waals surface area contributed by atoms with Crippen LogP contribution in [-0.4, -0.2) is 47.9 Å². The number of rotatable bonds is 2. The second-order valence-corrected chi connectivity index (χ2v) is 7.01. The minimum absolute atomic E-state index is 0.205. The second-order valence-electron chi connectivity index (χ2n) is 7.01. The monoisotopic (exact) mass is 366 g/mol. The smallest absolute Gasteiger partial charge is 0.179 e. The quantitative estimate of drug-likeness (QED) is 0.585. The summed E-state index contributed by atoms with van der Waals surface area (Å²) in [5.41, 5.74) is 3.75. The summed E-state index contributed by atoms with van der Waals surface area (Å²) in [4.78, 5) is 6.02. The number of piperidine rings is 1. The highest BCUT2D eigenvalue weighted by Gasteiger charge is 2.20. The molecular formula is C18H19FN8. The van der Waals surface area contributed by atoms with Crippen LogP contribution >= 0.6 is 0 Å². The van der Waals surface area contributed by atoms with E-state index < -0.39 is 5.82 Å². The van der Waals surface area contributed by atoms with Gasteiger partial charge in [0.05, 0.1) is 11.7 Å². The molecule has 0 aliphatic carbocycles. The van der Waals surface area contributed by atoms with Crippen molar-refractivity contribution in [3.05, 3.63) is 35.4 Å². The zero-order chi connectivity index (χ0) is 18.5. The molecule has 1 aromatic carbocycles. The molecule has 1 N–H and O–H groups in total. The van der Waals surface area contributed by atoms with Crippen LogP contribution in [0.3, 0.4) is 0 Å². The van der Waals surface area contributed by atoms with Crippen molar-refractivity contribution in [2.24, 2.45) is 0 Å². The predicted molar refractivity (Wildman–Crippen MR) is 97.9 cm³/mol. The zero-order valence-electron chi connectivity index (χ0n) is 15.1. The Hall–Kier alpha value is -2.94. The van der Waals surface area contributed by atoms with Crippen LogP contribution < -0.4 is 5.32 Å². The first kappa shape index (κ1) is 16.2. The molecule has 4 aromatic rings. The Kier molecular flexibility index (Phi) is 3.64. The average molecular weight is 366 g/mol. The Labute approximate surface area is 154 Å². The Morgan fingerprint density at radius 1 is 1.04 bits per heavy atom. The minimum Gasteiger partial charge on any atom is -0.317 e. The largest absolute Gasteiger partial charge is 0.317 e. The lowest BCUT2D eigenvalue weighted by Crippen LogP contribution is -2.30. The first-order valence-corrected chi connectivity index (χ1v) is 9.07. The number of nitrogens with one attached hydrogen (secondary N) is 1. The number of hydrogen-bond acceptors (Lipinski definition) is 6. The van der Waals surface area contributed by atoms with Gasteiger partial charge in [-0.2, -0.15) is 9.90 Å². The molecule has 1 aliphatic heterocycles. The fourth-order valence-corrected chi connectivity index (χ4v) is 3.61. The van der Waals surface area contributed by atoms with Crippen LogP contribution in [-0.2, 0) is 0 Å². The summed E-state index contributed by atoms with van der Waals surface area (Å²) < 4.78 is 16.2. The summed E-state index contributed by atoms with van der Waals surface area (Å²) in [7, 11) is 0. The molecule has 138 valence electrons. The van der Waals surface area contributed by atoms with Crippen molar-refractivity contribution < 1.29 is 4.39 Å². The van der Waals surface area contributed by atoms with Gasteiger partial charge in [0.2, 0.25) is 0 Å². The molecule has 0 atom stereocenters. The molecule has 0 saturated carbocycles. The van der Waals surface area contributed by atoms with Gasteiger partial charge in [0.25, 0.3) is 0 Å². The lowest BCUT2D eigenvalue weighted by atomic mass is 10.1. The van der Waals surface area contributed by atoms with Crippen molar-refractivity contribution in [2.45, 2.75) is 32.7 Å². The van der Waals surface area contributed by atoms with Crippen molar-refractivity contribution in [2.75, 3.05) is 13.1 Å². The highest BCUT2D eigenvalue weighted by Crippen LogP contribution is 2.27. The summed E-state index contributed by atoms with van der Waals surface area (Å²) in [5, 5.41) is 21.0. The van der Waals surface area contributed by atoms with Gasteiger partial charge in [0, 0.05) is 5.56 Å². The van der Waals surface area contributed by atoms with E-state index in [0.717, 1.165) is 31.5 Å². The highest BCUT2D eigenvalue weighted by atomic mass is 19.1. The van der Waals surface area contributed by atoms with Crippen LogP contribution in [0.1, 0.15) is 30.3 Å². The maximum atomic E-state index is 14.7. The van der Waals surface area contributed by atoms with Crippen molar-refractivity contribution in [1.29, 1.82) is 0 Å². The van der Waals surface area contributed by atoms with Crippen LogP contribution in [0, 0.1) is 19.7 Å². The Bertz CT molecular complexity index is 1160. The number of aryl methyl sites for hydroxylation is 2. The molecule has 0 amide bonds. The molecule has 1 aliphatic rings. The van der Waals surface area contributed by atoms with Gasteiger partial charge in [0.15, 0.2) is 11.5 Å². The average Bonchev–Trinajstić information content (AvgIpc) is 3.26. The number of aromatic nitrogens is 7. The van der Waals surface area contributed by atoms with Gasteiger partial charge in [-0.1, -0.05) is 0 Å². The van der Waals surface area contributed by atoms with Gasteiger partial charge < -0.3 is 5.32 Å². The van der Waals surface area contributed by atoms with Crippen LogP contribution in [0.25, 0.3) is 27.9 Å². The summed E-state index contributed by atoms with van der Waals surface area (Å²) >= 11 is 0. The fraction of sp³-hybridized carbons (Fsp3) is 0.389. The van der Waals surface area contributed by atoms with E-state index in [1.165, 1.54) is 10.7 Å². The number of fused-ring (bicyclic) bond motifs is 2. The molecule has 0 bridgehead atoms. The van der Waals surface area contributed by atoms with Gasteiger partial charge in [0.1, 0.15) is 16.9 Å². The highest BCUT2D eigenvalue weighted by molar-refractivity contribution is 5.81. The molecule has 5 rings (SSSR count). The fourth-order valence-electron chi connectivity index (χ4n) is 3.61. The van der Waals surface area contributed by atoms with E-state index in [0.29, 0.717) is 33.8 Å². The lowest BCUT2D eigenvalue weighted by molar-refractivity contribution is 0.316. The number of hydrogen-bond donors (Lipinski definition) is 1. The molecule has 8 nitrogen and oxygen atoms in total. The maximum absolute atomic E-state index is 14.7. The SMILES string of the molecule is Cc1nc2c(C)cc(-c3cc(F)c4nn(C5CCNCC5)nc4c3)nn2n1. The summed E-state index contributed by atoms with van der Waals surface area (Å²) in [6.45, 7) is 5.61.